The highest BCUT2D eigenvalue weighted by Gasteiger charge is 2.25. The molecule has 0 radical (unpaired) electrons. The van der Waals surface area contributed by atoms with Gasteiger partial charge in [-0.15, -0.1) is 4.68 Å². The van der Waals surface area contributed by atoms with E-state index in [1.165, 1.54) is 0 Å². The Bertz CT molecular complexity index is 962. The normalized spacial score (nSPS) is 15.2. The molecule has 0 saturated carbocycles. The zero-order chi connectivity index (χ0) is 23.2. The smallest absolute Gasteiger partial charge is 0.347 e. The first-order valence-corrected chi connectivity index (χ1v) is 11.0. The van der Waals surface area contributed by atoms with Gasteiger partial charge in [0.25, 0.3) is 17.7 Å². The van der Waals surface area contributed by atoms with Crippen molar-refractivity contribution < 1.29 is 38.1 Å². The van der Waals surface area contributed by atoms with Crippen LogP contribution in [-0.4, -0.2) is 67.8 Å². The second-order valence-corrected chi connectivity index (χ2v) is 8.38. The number of nitro groups is 1. The third kappa shape index (κ3) is 7.20. The van der Waals surface area contributed by atoms with Crippen LogP contribution >= 0.6 is 7.60 Å². The molecule has 0 spiro atoms. The van der Waals surface area contributed by atoms with Crippen LogP contribution in [0, 0.1) is 10.1 Å². The Kier molecular flexibility index (Phi) is 7.91. The van der Waals surface area contributed by atoms with Gasteiger partial charge in [-0.3, -0.25) is 33.2 Å². The Morgan fingerprint density at radius 1 is 1.29 bits per heavy atom. The number of rotatable bonds is 12. The van der Waals surface area contributed by atoms with Crippen molar-refractivity contribution in [2.45, 2.75) is 26.0 Å². The summed E-state index contributed by atoms with van der Waals surface area (Å²) in [5, 5.41) is 17.2. The Labute approximate surface area is 175 Å². The van der Waals surface area contributed by atoms with Crippen molar-refractivity contribution in [1.82, 2.24) is 20.0 Å². The average molecular weight is 457 g/mol. The predicted octanol–water partition coefficient (Wildman–Crippen LogP) is -0.0252. The SMILES string of the molecule is CP(=O)(O)OCn1nc(C(=O)NCCCC(=O)CCN2C(=O)C=CC2=O)cc1[N+](=O)[O-]. The first kappa shape index (κ1) is 24.1. The molecule has 14 nitrogen and oxygen atoms in total. The van der Waals surface area contributed by atoms with E-state index < -0.39 is 42.8 Å². The second kappa shape index (κ2) is 10.2. The quantitative estimate of drug-likeness (QED) is 0.142. The predicted molar refractivity (Wildman–Crippen MR) is 103 cm³/mol. The molecule has 1 aliphatic rings. The van der Waals surface area contributed by atoms with Gasteiger partial charge in [-0.05, 0) is 11.3 Å². The molecule has 1 atom stereocenters. The Morgan fingerprint density at radius 3 is 2.52 bits per heavy atom. The number of aromatic nitrogens is 2. The molecule has 0 aromatic carbocycles. The lowest BCUT2D eigenvalue weighted by Crippen LogP contribution is -2.32. The van der Waals surface area contributed by atoms with Crippen molar-refractivity contribution in [3.63, 3.8) is 0 Å². The van der Waals surface area contributed by atoms with Crippen LogP contribution < -0.4 is 5.32 Å². The van der Waals surface area contributed by atoms with E-state index in [0.717, 1.165) is 29.8 Å². The molecule has 1 unspecified atom stereocenters. The minimum atomic E-state index is -3.91. The van der Waals surface area contributed by atoms with Gasteiger partial charge in [-0.1, -0.05) is 5.10 Å². The van der Waals surface area contributed by atoms with Crippen LogP contribution in [0.15, 0.2) is 18.2 Å². The van der Waals surface area contributed by atoms with Gasteiger partial charge >= 0.3 is 13.4 Å². The van der Waals surface area contributed by atoms with Crippen molar-refractivity contribution in [3.8, 4) is 0 Å². The van der Waals surface area contributed by atoms with Crippen LogP contribution in [0.25, 0.3) is 0 Å². The molecule has 0 bridgehead atoms. The molecule has 31 heavy (non-hydrogen) atoms. The van der Waals surface area contributed by atoms with E-state index in [4.69, 9.17) is 4.89 Å². The third-order valence-electron chi connectivity index (χ3n) is 4.03. The molecule has 0 fully saturated rings. The first-order chi connectivity index (χ1) is 14.5. The van der Waals surface area contributed by atoms with E-state index in [-0.39, 0.29) is 43.8 Å². The molecule has 15 heteroatoms. The van der Waals surface area contributed by atoms with Gasteiger partial charge in [0.15, 0.2) is 5.69 Å². The number of nitrogens with zero attached hydrogens (tertiary/aromatic N) is 4. The molecule has 1 aliphatic heterocycles. The molecule has 0 saturated heterocycles. The molecule has 3 amide bonds. The van der Waals surface area contributed by atoms with Gasteiger partial charge in [0.05, 0.1) is 6.07 Å². The number of carbonyl (C=O) groups is 4. The standard InChI is InChI=1S/C16H20N5O9P/c1-31(28,29)30-10-20-13(21(26)27)9-12(18-20)16(25)17-7-2-3-11(22)6-8-19-14(23)4-5-15(19)24/h4-5,9H,2-3,6-8,10H2,1H3,(H,17,25)(H,28,29). The number of carbonyl (C=O) groups excluding carboxylic acids is 4. The minimum absolute atomic E-state index is 0.00412. The molecule has 0 aliphatic carbocycles. The van der Waals surface area contributed by atoms with Gasteiger partial charge in [-0.2, -0.15) is 0 Å². The Balaban J connectivity index is 1.78. The maximum absolute atomic E-state index is 12.1. The fraction of sp³-hybridized carbons (Fsp3) is 0.438. The number of hydrogen-bond acceptors (Lipinski definition) is 9. The van der Waals surface area contributed by atoms with Gasteiger partial charge < -0.3 is 20.3 Å². The lowest BCUT2D eigenvalue weighted by atomic mass is 10.1. The molecule has 2 N–H and O–H groups in total. The van der Waals surface area contributed by atoms with Gasteiger partial charge in [0.1, 0.15) is 5.78 Å². The van der Waals surface area contributed by atoms with E-state index in [2.05, 4.69) is 14.9 Å². The average Bonchev–Trinajstić information content (AvgIpc) is 3.25. The second-order valence-electron chi connectivity index (χ2n) is 6.52. The summed E-state index contributed by atoms with van der Waals surface area (Å²) < 4.78 is 16.4. The van der Waals surface area contributed by atoms with Crippen LogP contribution in [-0.2, 0) is 30.2 Å². The third-order valence-corrected chi connectivity index (χ3v) is 4.63. The molecule has 1 aromatic heterocycles. The highest BCUT2D eigenvalue weighted by molar-refractivity contribution is 7.51. The fourth-order valence-electron chi connectivity index (χ4n) is 2.51. The zero-order valence-corrected chi connectivity index (χ0v) is 17.3. The van der Waals surface area contributed by atoms with Crippen LogP contribution in [0.1, 0.15) is 29.8 Å². The summed E-state index contributed by atoms with van der Waals surface area (Å²) in [6.45, 7) is 0.262. The minimum Gasteiger partial charge on any atom is -0.358 e. The van der Waals surface area contributed by atoms with Gasteiger partial charge in [-0.25, -0.2) is 0 Å². The van der Waals surface area contributed by atoms with Crippen molar-refractivity contribution in [3.05, 3.63) is 34.0 Å². The van der Waals surface area contributed by atoms with E-state index in [9.17, 15) is 33.9 Å². The molecule has 1 aromatic rings. The number of amides is 3. The summed E-state index contributed by atoms with van der Waals surface area (Å²) in [5.41, 5.74) is -0.302. The van der Waals surface area contributed by atoms with Crippen LogP contribution in [0.2, 0.25) is 0 Å². The number of imide groups is 1. The first-order valence-electron chi connectivity index (χ1n) is 8.98. The summed E-state index contributed by atoms with van der Waals surface area (Å²) in [5.74, 6) is -2.48. The lowest BCUT2D eigenvalue weighted by molar-refractivity contribution is -0.393. The summed E-state index contributed by atoms with van der Waals surface area (Å²) in [4.78, 5) is 67.1. The number of hydrogen-bond donors (Lipinski definition) is 2. The van der Waals surface area contributed by atoms with E-state index in [1.807, 2.05) is 0 Å². The van der Waals surface area contributed by atoms with Crippen molar-refractivity contribution >= 4 is 36.9 Å². The molecule has 2 rings (SSSR count). The highest BCUT2D eigenvalue weighted by Crippen LogP contribution is 2.37. The van der Waals surface area contributed by atoms with Crippen LogP contribution in [0.3, 0.4) is 0 Å². The number of Topliss-reactive ketones (excluding diaryl/α,β-unsaturated/α-hetero) is 1. The maximum Gasteiger partial charge on any atom is 0.347 e. The van der Waals surface area contributed by atoms with Crippen molar-refractivity contribution in [2.75, 3.05) is 19.8 Å². The number of ketones is 1. The summed E-state index contributed by atoms with van der Waals surface area (Å²) >= 11 is 0. The topological polar surface area (TPSA) is 191 Å². The monoisotopic (exact) mass is 457 g/mol. The van der Waals surface area contributed by atoms with Crippen LogP contribution in [0.5, 0.6) is 0 Å². The lowest BCUT2D eigenvalue weighted by Gasteiger charge is -2.12. The molecule has 2 heterocycles. The highest BCUT2D eigenvalue weighted by atomic mass is 31.2. The molecular formula is C16H20N5O9P. The Hall–Kier alpha value is -3.22. The molecular weight excluding hydrogens is 437 g/mol. The van der Waals surface area contributed by atoms with E-state index in [1.54, 1.807) is 0 Å². The summed E-state index contributed by atoms with van der Waals surface area (Å²) in [7, 11) is -3.91. The maximum atomic E-state index is 12.1. The van der Waals surface area contributed by atoms with E-state index >= 15 is 0 Å². The summed E-state index contributed by atoms with van der Waals surface area (Å²) in [6.07, 6.45) is 2.61. The van der Waals surface area contributed by atoms with Crippen molar-refractivity contribution in [2.24, 2.45) is 0 Å². The largest absolute Gasteiger partial charge is 0.358 e. The summed E-state index contributed by atoms with van der Waals surface area (Å²) in [6, 6.07) is 0.889. The Morgan fingerprint density at radius 2 is 1.94 bits per heavy atom. The van der Waals surface area contributed by atoms with Gasteiger partial charge in [0.2, 0.25) is 6.73 Å². The molecule has 168 valence electrons. The van der Waals surface area contributed by atoms with Crippen molar-refractivity contribution in [1.29, 1.82) is 0 Å². The van der Waals surface area contributed by atoms with E-state index in [0.29, 0.717) is 4.68 Å². The van der Waals surface area contributed by atoms with Gasteiger partial charge in [0, 0.05) is 44.7 Å². The zero-order valence-electron chi connectivity index (χ0n) is 16.4. The van der Waals surface area contributed by atoms with Crippen LogP contribution in [0.4, 0.5) is 5.82 Å². The fourth-order valence-corrected chi connectivity index (χ4v) is 2.84. The number of nitrogens with one attached hydrogen (secondary N) is 1.